The summed E-state index contributed by atoms with van der Waals surface area (Å²) in [6.45, 7) is 5.59. The van der Waals surface area contributed by atoms with Gasteiger partial charge in [-0.15, -0.1) is 0 Å². The number of allylic oxidation sites excluding steroid dienone is 2. The average molecular weight is 348 g/mol. The van der Waals surface area contributed by atoms with Gasteiger partial charge in [0.2, 0.25) is 0 Å². The molecule has 0 aliphatic carbocycles. The van der Waals surface area contributed by atoms with Crippen LogP contribution in [0.5, 0.6) is 0 Å². The molecule has 1 aliphatic rings. The summed E-state index contributed by atoms with van der Waals surface area (Å²) in [5, 5.41) is 11.5. The van der Waals surface area contributed by atoms with Crippen LogP contribution in [0, 0.1) is 5.41 Å². The Bertz CT molecular complexity index is 630. The Hall–Kier alpha value is -1.98. The fraction of sp³-hybridized carbons (Fsp3) is 0.389. The molecule has 0 spiro atoms. The third-order valence-corrected chi connectivity index (χ3v) is 4.52. The van der Waals surface area contributed by atoms with Crippen LogP contribution in [-0.4, -0.2) is 36.8 Å². The molecule has 130 valence electrons. The first kappa shape index (κ1) is 18.4. The Morgan fingerprint density at radius 2 is 1.83 bits per heavy atom. The molecular weight excluding hydrogens is 322 g/mol. The highest BCUT2D eigenvalue weighted by molar-refractivity contribution is 6.38. The Labute approximate surface area is 148 Å². The number of benzene rings is 1. The predicted octanol–water partition coefficient (Wildman–Crippen LogP) is 2.45. The lowest BCUT2D eigenvalue weighted by Gasteiger charge is -2.18. The lowest BCUT2D eigenvalue weighted by molar-refractivity contribution is 0.340. The third-order valence-electron chi connectivity index (χ3n) is 4.13. The topological polar surface area (TPSA) is 91.2 Å². The van der Waals surface area contributed by atoms with Crippen molar-refractivity contribution in [1.82, 2.24) is 10.2 Å². The van der Waals surface area contributed by atoms with Gasteiger partial charge in [0, 0.05) is 18.8 Å². The zero-order valence-corrected chi connectivity index (χ0v) is 14.9. The van der Waals surface area contributed by atoms with Crippen molar-refractivity contribution in [3.63, 3.8) is 0 Å². The molecular formula is C18H26ClN5. The highest BCUT2D eigenvalue weighted by atomic mass is 35.5. The minimum Gasteiger partial charge on any atom is -0.397 e. The van der Waals surface area contributed by atoms with Crippen LogP contribution >= 0.6 is 11.6 Å². The summed E-state index contributed by atoms with van der Waals surface area (Å²) < 4.78 is 0. The maximum absolute atomic E-state index is 8.01. The van der Waals surface area contributed by atoms with Gasteiger partial charge in [0.15, 0.2) is 0 Å². The molecule has 1 aromatic rings. The molecule has 0 bridgehead atoms. The number of rotatable bonds is 7. The Morgan fingerprint density at radius 1 is 1.21 bits per heavy atom. The summed E-state index contributed by atoms with van der Waals surface area (Å²) in [5.41, 5.74) is 14.3. The molecule has 1 aliphatic heterocycles. The smallest absolute Gasteiger partial charge is 0.107 e. The molecule has 0 aromatic heterocycles. The highest BCUT2D eigenvalue weighted by Crippen LogP contribution is 2.25. The quantitative estimate of drug-likeness (QED) is 0.450. The molecule has 0 saturated carbocycles. The molecule has 5 nitrogen and oxygen atoms in total. The lowest BCUT2D eigenvalue weighted by atomic mass is 10.1. The van der Waals surface area contributed by atoms with Crippen LogP contribution in [0.15, 0.2) is 46.8 Å². The van der Waals surface area contributed by atoms with Gasteiger partial charge in [-0.05, 0) is 38.4 Å². The Morgan fingerprint density at radius 3 is 2.42 bits per heavy atom. The number of likely N-dealkylation sites (tertiary alicyclic amines) is 1. The summed E-state index contributed by atoms with van der Waals surface area (Å²) in [5.74, 6) is 0.394. The summed E-state index contributed by atoms with van der Waals surface area (Å²) in [6, 6.07) is 9.46. The van der Waals surface area contributed by atoms with E-state index in [4.69, 9.17) is 28.5 Å². The number of nitrogens with two attached hydrogens (primary N) is 2. The van der Waals surface area contributed by atoms with Crippen molar-refractivity contribution < 1.29 is 0 Å². The van der Waals surface area contributed by atoms with Crippen molar-refractivity contribution in [2.45, 2.75) is 19.8 Å². The first-order valence-electron chi connectivity index (χ1n) is 8.23. The van der Waals surface area contributed by atoms with Crippen molar-refractivity contribution in [2.24, 2.45) is 11.5 Å². The van der Waals surface area contributed by atoms with E-state index in [-0.39, 0.29) is 5.71 Å². The van der Waals surface area contributed by atoms with Crippen LogP contribution in [0.4, 0.5) is 0 Å². The molecule has 6 heteroatoms. The summed E-state index contributed by atoms with van der Waals surface area (Å²) in [4.78, 5) is 2.40. The lowest BCUT2D eigenvalue weighted by Crippen LogP contribution is -2.33. The van der Waals surface area contributed by atoms with Gasteiger partial charge < -0.3 is 27.1 Å². The van der Waals surface area contributed by atoms with Crippen LogP contribution in [-0.2, 0) is 0 Å². The van der Waals surface area contributed by atoms with Gasteiger partial charge in [0.25, 0.3) is 0 Å². The summed E-state index contributed by atoms with van der Waals surface area (Å²) >= 11 is 6.45. The zero-order valence-electron chi connectivity index (χ0n) is 14.1. The molecule has 0 radical (unpaired) electrons. The minimum absolute atomic E-state index is 0.282. The van der Waals surface area contributed by atoms with E-state index in [9.17, 15) is 0 Å². The Balaban J connectivity index is 2.15. The van der Waals surface area contributed by atoms with Crippen LogP contribution in [0.2, 0.25) is 0 Å². The van der Waals surface area contributed by atoms with E-state index in [2.05, 4.69) is 10.2 Å². The van der Waals surface area contributed by atoms with Gasteiger partial charge in [-0.3, -0.25) is 0 Å². The van der Waals surface area contributed by atoms with Crippen molar-refractivity contribution in [3.8, 4) is 0 Å². The number of nitrogens with zero attached hydrogens (tertiary/aromatic N) is 1. The van der Waals surface area contributed by atoms with E-state index in [1.165, 1.54) is 12.8 Å². The molecule has 24 heavy (non-hydrogen) atoms. The SMILES string of the molecule is CC(=N)C(=C(/N)NCCN1CCCC1)/C(Cl)=C(\N)c1ccccc1. The summed E-state index contributed by atoms with van der Waals surface area (Å²) in [6.07, 6.45) is 2.52. The minimum atomic E-state index is 0.282. The zero-order chi connectivity index (χ0) is 17.5. The van der Waals surface area contributed by atoms with Gasteiger partial charge >= 0.3 is 0 Å². The van der Waals surface area contributed by atoms with Crippen LogP contribution in [0.25, 0.3) is 5.70 Å². The predicted molar refractivity (Wildman–Crippen MR) is 102 cm³/mol. The van der Waals surface area contributed by atoms with Gasteiger partial charge in [0.05, 0.1) is 16.3 Å². The average Bonchev–Trinajstić information content (AvgIpc) is 3.08. The Kier molecular flexibility index (Phi) is 6.70. The standard InChI is InChI=1S/C18H26ClN5/c1-13(20)15(16(19)17(21)14-7-3-2-4-8-14)18(22)23-9-12-24-10-5-6-11-24/h2-4,7-8,20,23H,5-6,9-12,21-22H2,1H3/b17-16+,18-15+,20-13?. The maximum Gasteiger partial charge on any atom is 0.107 e. The van der Waals surface area contributed by atoms with E-state index < -0.39 is 0 Å². The van der Waals surface area contributed by atoms with E-state index in [0.29, 0.717) is 22.1 Å². The van der Waals surface area contributed by atoms with Gasteiger partial charge in [-0.2, -0.15) is 0 Å². The molecule has 1 heterocycles. The normalized spacial score (nSPS) is 17.2. The van der Waals surface area contributed by atoms with Crippen LogP contribution in [0.3, 0.4) is 0 Å². The van der Waals surface area contributed by atoms with Crippen molar-refractivity contribution >= 4 is 23.0 Å². The van der Waals surface area contributed by atoms with Gasteiger partial charge in [-0.1, -0.05) is 41.9 Å². The van der Waals surface area contributed by atoms with Gasteiger partial charge in [0.1, 0.15) is 5.82 Å². The van der Waals surface area contributed by atoms with Crippen molar-refractivity contribution in [1.29, 1.82) is 5.41 Å². The van der Waals surface area contributed by atoms with E-state index in [0.717, 1.165) is 31.7 Å². The van der Waals surface area contributed by atoms with Crippen LogP contribution in [0.1, 0.15) is 25.3 Å². The van der Waals surface area contributed by atoms with Crippen LogP contribution < -0.4 is 16.8 Å². The molecule has 0 unspecified atom stereocenters. The second-order valence-electron chi connectivity index (χ2n) is 5.98. The first-order valence-corrected chi connectivity index (χ1v) is 8.61. The van der Waals surface area contributed by atoms with E-state index in [1.807, 2.05) is 30.3 Å². The third kappa shape index (κ3) is 4.76. The number of hydrogen-bond acceptors (Lipinski definition) is 5. The largest absolute Gasteiger partial charge is 0.397 e. The second kappa shape index (κ2) is 8.76. The first-order chi connectivity index (χ1) is 11.5. The monoisotopic (exact) mass is 347 g/mol. The number of hydrogen-bond donors (Lipinski definition) is 4. The number of halogens is 1. The molecule has 0 atom stereocenters. The van der Waals surface area contributed by atoms with Crippen molar-refractivity contribution in [3.05, 3.63) is 52.3 Å². The molecule has 6 N–H and O–H groups in total. The van der Waals surface area contributed by atoms with E-state index >= 15 is 0 Å². The molecule has 1 aromatic carbocycles. The number of nitrogens with one attached hydrogen (secondary N) is 2. The molecule has 1 saturated heterocycles. The van der Waals surface area contributed by atoms with Crippen molar-refractivity contribution in [2.75, 3.05) is 26.2 Å². The highest BCUT2D eigenvalue weighted by Gasteiger charge is 2.16. The molecule has 2 rings (SSSR count). The fourth-order valence-electron chi connectivity index (χ4n) is 2.81. The molecule has 0 amide bonds. The molecule has 1 fully saturated rings. The maximum atomic E-state index is 8.01. The fourth-order valence-corrected chi connectivity index (χ4v) is 3.16. The van der Waals surface area contributed by atoms with E-state index in [1.54, 1.807) is 6.92 Å². The second-order valence-corrected chi connectivity index (χ2v) is 6.36. The van der Waals surface area contributed by atoms with Gasteiger partial charge in [-0.25, -0.2) is 0 Å². The summed E-state index contributed by atoms with van der Waals surface area (Å²) in [7, 11) is 0.